The number of fused-ring (bicyclic) bond motifs is 1. The summed E-state index contributed by atoms with van der Waals surface area (Å²) in [5.74, 6) is 0.940. The number of hydrogen-bond acceptors (Lipinski definition) is 4. The van der Waals surface area contributed by atoms with Gasteiger partial charge >= 0.3 is 0 Å². The largest absolute Gasteiger partial charge is 0.340 e. The first kappa shape index (κ1) is 34.0. The van der Waals surface area contributed by atoms with Crippen LogP contribution in [-0.2, 0) is 11.2 Å². The maximum Gasteiger partial charge on any atom is 0.252 e. The zero-order valence-electron chi connectivity index (χ0n) is 26.5. The van der Waals surface area contributed by atoms with Crippen LogP contribution in [0.2, 0.25) is 0 Å². The number of carbonyl (C=O) groups is 2. The van der Waals surface area contributed by atoms with E-state index in [9.17, 15) is 9.59 Å². The minimum absolute atomic E-state index is 0.0850. The van der Waals surface area contributed by atoms with E-state index in [0.717, 1.165) is 41.7 Å². The van der Waals surface area contributed by atoms with Crippen LogP contribution >= 0.6 is 11.3 Å². The van der Waals surface area contributed by atoms with E-state index in [4.69, 9.17) is 4.98 Å². The number of rotatable bonds is 13. The molecule has 0 aliphatic carbocycles. The van der Waals surface area contributed by atoms with Crippen molar-refractivity contribution in [2.24, 2.45) is 5.92 Å². The van der Waals surface area contributed by atoms with Crippen LogP contribution in [0.3, 0.4) is 0 Å². The molecule has 0 spiro atoms. The molecule has 0 unspecified atom stereocenters. The van der Waals surface area contributed by atoms with Gasteiger partial charge in [0.05, 0.1) is 11.0 Å². The van der Waals surface area contributed by atoms with E-state index < -0.39 is 6.04 Å². The topological polar surface area (TPSA) is 67.2 Å². The Balaban J connectivity index is 0.00000287. The molecule has 224 valence electrons. The van der Waals surface area contributed by atoms with Crippen LogP contribution in [0.15, 0.2) is 59.5 Å². The van der Waals surface area contributed by atoms with Gasteiger partial charge in [0.1, 0.15) is 11.9 Å². The zero-order chi connectivity index (χ0) is 30.5. The van der Waals surface area contributed by atoms with Gasteiger partial charge in [0, 0.05) is 36.5 Å². The van der Waals surface area contributed by atoms with E-state index in [1.807, 2.05) is 64.1 Å². The molecule has 0 fully saturated rings. The molecule has 2 aromatic heterocycles. The van der Waals surface area contributed by atoms with Crippen molar-refractivity contribution < 1.29 is 9.59 Å². The van der Waals surface area contributed by atoms with E-state index in [0.29, 0.717) is 24.6 Å². The Morgan fingerprint density at radius 3 is 2.39 bits per heavy atom. The quantitative estimate of drug-likeness (QED) is 0.208. The first-order chi connectivity index (χ1) is 19.7. The van der Waals surface area contributed by atoms with Gasteiger partial charge in [-0.05, 0) is 74.2 Å². The molecule has 2 amide bonds. The van der Waals surface area contributed by atoms with Crippen LogP contribution in [0.4, 0.5) is 0 Å². The minimum Gasteiger partial charge on any atom is -0.340 e. The molecule has 0 aliphatic rings. The number of imidazole rings is 1. The zero-order valence-corrected chi connectivity index (χ0v) is 27.3. The van der Waals surface area contributed by atoms with E-state index in [-0.39, 0.29) is 17.7 Å². The minimum atomic E-state index is -0.599. The van der Waals surface area contributed by atoms with Crippen LogP contribution in [-0.4, -0.2) is 45.9 Å². The van der Waals surface area contributed by atoms with Crippen LogP contribution in [0.1, 0.15) is 102 Å². The molecule has 1 aromatic carbocycles. The molecule has 0 radical (unpaired) electrons. The van der Waals surface area contributed by atoms with E-state index in [2.05, 4.69) is 55.1 Å². The highest BCUT2D eigenvalue weighted by Gasteiger charge is 2.26. The number of likely N-dealkylation sites (N-methyl/N-ethyl adjacent to an activating group) is 1. The first-order valence-electron chi connectivity index (χ1n) is 15.1. The summed E-state index contributed by atoms with van der Waals surface area (Å²) in [6.07, 6.45) is 9.33. The van der Waals surface area contributed by atoms with E-state index in [1.165, 1.54) is 4.88 Å². The molecule has 7 heteroatoms. The lowest BCUT2D eigenvalue weighted by atomic mass is 10.0. The number of hydrogen-bond donors (Lipinski definition) is 1. The van der Waals surface area contributed by atoms with Crippen LogP contribution < -0.4 is 5.32 Å². The van der Waals surface area contributed by atoms with Crippen molar-refractivity contribution >= 4 is 34.2 Å². The van der Waals surface area contributed by atoms with Crippen LogP contribution in [0, 0.1) is 5.92 Å². The number of amides is 2. The fourth-order valence-electron chi connectivity index (χ4n) is 5.05. The Morgan fingerprint density at radius 2 is 1.83 bits per heavy atom. The number of aromatic nitrogens is 2. The number of benzene rings is 1. The average Bonchev–Trinajstić information content (AvgIpc) is 3.61. The highest BCUT2D eigenvalue weighted by atomic mass is 32.1. The molecule has 2 heterocycles. The van der Waals surface area contributed by atoms with Crippen molar-refractivity contribution in [1.29, 1.82) is 0 Å². The number of thiophene rings is 1. The maximum atomic E-state index is 13.4. The second kappa shape index (κ2) is 16.9. The number of nitrogens with one attached hydrogen (secondary N) is 1. The molecule has 3 aromatic rings. The van der Waals surface area contributed by atoms with Crippen molar-refractivity contribution in [3.8, 4) is 0 Å². The molecule has 6 nitrogen and oxygen atoms in total. The average molecular weight is 579 g/mol. The van der Waals surface area contributed by atoms with Gasteiger partial charge in [-0.2, -0.15) is 0 Å². The highest BCUT2D eigenvalue weighted by Crippen LogP contribution is 2.28. The van der Waals surface area contributed by atoms with Crippen molar-refractivity contribution in [3.05, 3.63) is 75.8 Å². The summed E-state index contributed by atoms with van der Waals surface area (Å²) < 4.78 is 2.35. The van der Waals surface area contributed by atoms with Gasteiger partial charge in [0.25, 0.3) is 5.91 Å². The molecule has 0 saturated carbocycles. The molecule has 0 bridgehead atoms. The number of allylic oxidation sites excluding steroid dienone is 2. The van der Waals surface area contributed by atoms with Gasteiger partial charge in [0.2, 0.25) is 5.91 Å². The lowest BCUT2D eigenvalue weighted by molar-refractivity contribution is -0.131. The molecular weight excluding hydrogens is 528 g/mol. The third-order valence-corrected chi connectivity index (χ3v) is 7.98. The monoisotopic (exact) mass is 578 g/mol. The third kappa shape index (κ3) is 9.15. The Kier molecular flexibility index (Phi) is 14.0. The van der Waals surface area contributed by atoms with Gasteiger partial charge < -0.3 is 14.8 Å². The molecule has 1 atom stereocenters. The molecule has 0 aliphatic heterocycles. The summed E-state index contributed by atoms with van der Waals surface area (Å²) in [6.45, 7) is 17.0. The summed E-state index contributed by atoms with van der Waals surface area (Å²) in [5, 5.41) is 5.13. The van der Waals surface area contributed by atoms with Gasteiger partial charge in [-0.15, -0.1) is 11.3 Å². The van der Waals surface area contributed by atoms with Gasteiger partial charge in [0.15, 0.2) is 0 Å². The Labute approximate surface area is 251 Å². The summed E-state index contributed by atoms with van der Waals surface area (Å²) in [6, 6.07) is 9.69. The van der Waals surface area contributed by atoms with Gasteiger partial charge in [-0.25, -0.2) is 4.98 Å². The van der Waals surface area contributed by atoms with E-state index >= 15 is 0 Å². The predicted molar refractivity (Wildman–Crippen MR) is 175 cm³/mol. The molecule has 41 heavy (non-hydrogen) atoms. The Morgan fingerprint density at radius 1 is 1.12 bits per heavy atom. The lowest BCUT2D eigenvalue weighted by Gasteiger charge is -2.26. The maximum absolute atomic E-state index is 13.4. The number of carbonyl (C=O) groups excluding carboxylic acids is 2. The second-order valence-corrected chi connectivity index (χ2v) is 11.6. The normalized spacial score (nSPS) is 12.6. The molecular formula is C34H50N4O2S. The molecule has 3 rings (SSSR count). The summed E-state index contributed by atoms with van der Waals surface area (Å²) in [5.41, 5.74) is 3.43. The first-order valence-corrected chi connectivity index (χ1v) is 16.0. The second-order valence-electron chi connectivity index (χ2n) is 10.5. The van der Waals surface area contributed by atoms with Gasteiger partial charge in [-0.3, -0.25) is 9.59 Å². The van der Waals surface area contributed by atoms with Crippen LogP contribution in [0.25, 0.3) is 11.0 Å². The molecule has 0 saturated heterocycles. The third-order valence-electron chi connectivity index (χ3n) is 7.10. The highest BCUT2D eigenvalue weighted by molar-refractivity contribution is 7.09. The Bertz CT molecular complexity index is 1300. The van der Waals surface area contributed by atoms with Crippen LogP contribution in [0.5, 0.6) is 0 Å². The summed E-state index contributed by atoms with van der Waals surface area (Å²) in [7, 11) is 1.79. The molecule has 1 N–H and O–H groups in total. The lowest BCUT2D eigenvalue weighted by Crippen LogP contribution is -2.48. The Hall–Kier alpha value is -3.19. The fraction of sp³-hybridized carbons (Fsp3) is 0.500. The van der Waals surface area contributed by atoms with Crippen molar-refractivity contribution in [2.75, 3.05) is 13.6 Å². The summed E-state index contributed by atoms with van der Waals surface area (Å²) in [4.78, 5) is 34.8. The van der Waals surface area contributed by atoms with Gasteiger partial charge in [-0.1, -0.05) is 65.8 Å². The van der Waals surface area contributed by atoms with Crippen molar-refractivity contribution in [1.82, 2.24) is 19.8 Å². The standard InChI is InChI=1S/C32H44N4O2S.C2H6/c1-8-13-23(9-2)21-35(7)32(38)28(18-22(5)6)34-31(37)24-15-16-29-27(19-24)33-30(20-26-14-12-17-39-26)36(29)25(10-3)11-4;1-2/h8-9,12-17,19,22,25,28H,10-11,18,20-21H2,1-7H3,(H,34,37);1-2H3/b13-8-,23-9+;/t28-;/m0./s1. The SMILES string of the molecule is C/C=C\C(=C/C)CN(C)C(=O)[C@H](CC(C)C)NC(=O)c1ccc2c(c1)nc(Cc1cccs1)n2C(CC)CC.CC. The van der Waals surface area contributed by atoms with E-state index in [1.54, 1.807) is 23.3 Å². The smallest absolute Gasteiger partial charge is 0.252 e. The van der Waals surface area contributed by atoms with Crippen molar-refractivity contribution in [2.45, 2.75) is 93.2 Å². The predicted octanol–water partition coefficient (Wildman–Crippen LogP) is 8.20. The number of nitrogens with zero attached hydrogens (tertiary/aromatic N) is 3. The fourth-order valence-corrected chi connectivity index (χ4v) is 5.75. The summed E-state index contributed by atoms with van der Waals surface area (Å²) >= 11 is 1.73. The van der Waals surface area contributed by atoms with Crippen molar-refractivity contribution in [3.63, 3.8) is 0 Å².